The number of nitrogens with zero attached hydrogens (tertiary/aromatic N) is 1. The average molecular weight is 361 g/mol. The highest BCUT2D eigenvalue weighted by molar-refractivity contribution is 7.89. The summed E-state index contributed by atoms with van der Waals surface area (Å²) in [6, 6.07) is 0. The summed E-state index contributed by atoms with van der Waals surface area (Å²) in [5.74, 6) is 1.22. The number of ether oxygens (including phenoxy) is 1. The predicted molar refractivity (Wildman–Crippen MR) is 96.7 cm³/mol. The highest BCUT2D eigenvalue weighted by atomic mass is 32.2. The topological polar surface area (TPSA) is 91.8 Å². The van der Waals surface area contributed by atoms with Crippen molar-refractivity contribution in [1.29, 1.82) is 0 Å². The number of hydrogen-bond acceptors (Lipinski definition) is 4. The monoisotopic (exact) mass is 360 g/mol. The van der Waals surface area contributed by atoms with E-state index in [1.165, 1.54) is 6.42 Å². The normalized spacial score (nSPS) is 25.5. The minimum atomic E-state index is -3.23. The van der Waals surface area contributed by atoms with Crippen molar-refractivity contribution in [2.24, 2.45) is 10.9 Å². The zero-order valence-electron chi connectivity index (χ0n) is 14.9. The van der Waals surface area contributed by atoms with Gasteiger partial charge in [0.2, 0.25) is 10.0 Å². The molecular formula is C16H32N4O3S. The molecule has 1 heterocycles. The molecule has 1 saturated carbocycles. The molecule has 0 aromatic heterocycles. The van der Waals surface area contributed by atoms with Gasteiger partial charge in [0.1, 0.15) is 0 Å². The molecule has 0 radical (unpaired) electrons. The van der Waals surface area contributed by atoms with Gasteiger partial charge < -0.3 is 15.4 Å². The number of rotatable bonds is 9. The van der Waals surface area contributed by atoms with Crippen LogP contribution in [-0.2, 0) is 14.8 Å². The molecule has 0 bridgehead atoms. The fourth-order valence-corrected chi connectivity index (χ4v) is 3.87. The van der Waals surface area contributed by atoms with Crippen molar-refractivity contribution in [1.82, 2.24) is 15.4 Å². The van der Waals surface area contributed by atoms with Crippen molar-refractivity contribution in [3.63, 3.8) is 0 Å². The smallest absolute Gasteiger partial charge is 0.213 e. The number of nitrogens with one attached hydrogen (secondary N) is 3. The van der Waals surface area contributed by atoms with Crippen LogP contribution in [0.3, 0.4) is 0 Å². The summed E-state index contributed by atoms with van der Waals surface area (Å²) in [7, 11) is -3.23. The van der Waals surface area contributed by atoms with E-state index < -0.39 is 10.0 Å². The summed E-state index contributed by atoms with van der Waals surface area (Å²) < 4.78 is 32.4. The summed E-state index contributed by atoms with van der Waals surface area (Å²) in [4.78, 5) is 4.54. The van der Waals surface area contributed by atoms with Gasteiger partial charge in [0.05, 0.1) is 17.9 Å². The molecule has 0 amide bonds. The van der Waals surface area contributed by atoms with Gasteiger partial charge >= 0.3 is 0 Å². The number of aliphatic imine (C=N–C) groups is 1. The van der Waals surface area contributed by atoms with Crippen LogP contribution in [0.5, 0.6) is 0 Å². The van der Waals surface area contributed by atoms with Crippen molar-refractivity contribution in [3.8, 4) is 0 Å². The molecule has 1 unspecified atom stereocenters. The Balaban J connectivity index is 1.73. The van der Waals surface area contributed by atoms with Gasteiger partial charge in [-0.2, -0.15) is 0 Å². The van der Waals surface area contributed by atoms with Crippen LogP contribution in [-0.4, -0.2) is 58.5 Å². The third-order valence-corrected chi connectivity index (χ3v) is 6.04. The Labute approximate surface area is 146 Å². The van der Waals surface area contributed by atoms with Crippen LogP contribution in [0, 0.1) is 5.92 Å². The van der Waals surface area contributed by atoms with Crippen molar-refractivity contribution in [2.75, 3.05) is 38.5 Å². The van der Waals surface area contributed by atoms with Gasteiger partial charge in [-0.15, -0.1) is 0 Å². The van der Waals surface area contributed by atoms with E-state index in [4.69, 9.17) is 4.74 Å². The molecule has 8 heteroatoms. The first-order chi connectivity index (χ1) is 11.4. The van der Waals surface area contributed by atoms with Crippen molar-refractivity contribution in [2.45, 2.75) is 51.6 Å². The Kier molecular flexibility index (Phi) is 7.31. The average Bonchev–Trinajstić information content (AvgIpc) is 2.90. The van der Waals surface area contributed by atoms with Gasteiger partial charge in [0, 0.05) is 26.2 Å². The Hall–Kier alpha value is -0.860. The summed E-state index contributed by atoms with van der Waals surface area (Å²) in [5.41, 5.74) is -0.196. The van der Waals surface area contributed by atoms with E-state index in [0.29, 0.717) is 31.5 Å². The molecular weight excluding hydrogens is 328 g/mol. The predicted octanol–water partition coefficient (Wildman–Crippen LogP) is 0.830. The number of sulfonamides is 1. The summed E-state index contributed by atoms with van der Waals surface area (Å²) in [6.07, 6.45) is 5.58. The lowest BCUT2D eigenvalue weighted by atomic mass is 9.86. The minimum Gasteiger partial charge on any atom is -0.373 e. The van der Waals surface area contributed by atoms with E-state index in [0.717, 1.165) is 38.8 Å². The largest absolute Gasteiger partial charge is 0.373 e. The molecule has 3 N–H and O–H groups in total. The van der Waals surface area contributed by atoms with E-state index in [1.54, 1.807) is 0 Å². The van der Waals surface area contributed by atoms with Crippen LogP contribution >= 0.6 is 0 Å². The summed E-state index contributed by atoms with van der Waals surface area (Å²) >= 11 is 0. The van der Waals surface area contributed by atoms with Gasteiger partial charge in [0.25, 0.3) is 0 Å². The first-order valence-corrected chi connectivity index (χ1v) is 10.7. The maximum absolute atomic E-state index is 12.0. The van der Waals surface area contributed by atoms with Gasteiger partial charge in [0.15, 0.2) is 5.96 Å². The second kappa shape index (κ2) is 9.01. The zero-order valence-corrected chi connectivity index (χ0v) is 15.8. The van der Waals surface area contributed by atoms with Gasteiger partial charge in [-0.3, -0.25) is 4.99 Å². The molecule has 24 heavy (non-hydrogen) atoms. The van der Waals surface area contributed by atoms with E-state index in [1.807, 2.05) is 6.92 Å². The Bertz CT molecular complexity index is 511. The molecule has 1 aliphatic carbocycles. The van der Waals surface area contributed by atoms with E-state index in [2.05, 4.69) is 27.3 Å². The van der Waals surface area contributed by atoms with Crippen LogP contribution in [0.1, 0.15) is 46.0 Å². The molecule has 1 saturated heterocycles. The van der Waals surface area contributed by atoms with Crippen molar-refractivity contribution in [3.05, 3.63) is 0 Å². The minimum absolute atomic E-state index is 0.0535. The van der Waals surface area contributed by atoms with E-state index in [9.17, 15) is 8.42 Å². The second-order valence-corrected chi connectivity index (χ2v) is 8.91. The van der Waals surface area contributed by atoms with Crippen LogP contribution in [0.25, 0.3) is 0 Å². The number of guanidine groups is 1. The first-order valence-electron chi connectivity index (χ1n) is 9.06. The molecule has 1 atom stereocenters. The lowest BCUT2D eigenvalue weighted by molar-refractivity contribution is 0.0283. The van der Waals surface area contributed by atoms with Crippen LogP contribution in [0.15, 0.2) is 4.99 Å². The Morgan fingerprint density at radius 2 is 2.08 bits per heavy atom. The van der Waals surface area contributed by atoms with Gasteiger partial charge in [-0.25, -0.2) is 13.1 Å². The highest BCUT2D eigenvalue weighted by Crippen LogP contribution is 2.25. The molecule has 7 nitrogen and oxygen atoms in total. The van der Waals surface area contributed by atoms with E-state index >= 15 is 0 Å². The molecule has 2 fully saturated rings. The second-order valence-electron chi connectivity index (χ2n) is 6.99. The van der Waals surface area contributed by atoms with Gasteiger partial charge in [-0.1, -0.05) is 6.42 Å². The van der Waals surface area contributed by atoms with Crippen molar-refractivity contribution < 1.29 is 13.2 Å². The third-order valence-electron chi connectivity index (χ3n) is 4.70. The fraction of sp³-hybridized carbons (Fsp3) is 0.938. The third kappa shape index (κ3) is 6.57. The first kappa shape index (κ1) is 19.5. The lowest BCUT2D eigenvalue weighted by Crippen LogP contribution is -2.43. The van der Waals surface area contributed by atoms with Crippen LogP contribution in [0.4, 0.5) is 0 Å². The SMILES string of the molecule is CCNC(=NCC1(C)CCCO1)NCCS(=O)(=O)NCC1CCC1. The Morgan fingerprint density at radius 3 is 2.67 bits per heavy atom. The molecule has 0 aromatic rings. The number of hydrogen-bond donors (Lipinski definition) is 3. The molecule has 140 valence electrons. The summed E-state index contributed by atoms with van der Waals surface area (Å²) in [5, 5.41) is 6.24. The molecule has 0 spiro atoms. The molecule has 2 rings (SSSR count). The quantitative estimate of drug-likeness (QED) is 0.418. The lowest BCUT2D eigenvalue weighted by Gasteiger charge is -2.25. The van der Waals surface area contributed by atoms with Crippen LogP contribution < -0.4 is 15.4 Å². The zero-order chi connectivity index (χ0) is 17.5. The highest BCUT2D eigenvalue weighted by Gasteiger charge is 2.29. The van der Waals surface area contributed by atoms with Gasteiger partial charge in [-0.05, 0) is 45.4 Å². The van der Waals surface area contributed by atoms with Crippen LogP contribution in [0.2, 0.25) is 0 Å². The van der Waals surface area contributed by atoms with E-state index in [-0.39, 0.29) is 11.4 Å². The molecule has 1 aliphatic heterocycles. The molecule has 2 aliphatic rings. The van der Waals surface area contributed by atoms with Crippen molar-refractivity contribution >= 4 is 16.0 Å². The Morgan fingerprint density at radius 1 is 1.29 bits per heavy atom. The maximum atomic E-state index is 12.0. The fourth-order valence-electron chi connectivity index (χ4n) is 2.87. The summed E-state index contributed by atoms with van der Waals surface area (Å²) in [6.45, 7) is 7.07. The molecule has 0 aromatic carbocycles. The maximum Gasteiger partial charge on any atom is 0.213 e. The standard InChI is InChI=1S/C16H32N4O3S/c1-3-17-15(19-13-16(2)8-5-10-23-16)18-9-11-24(21,22)20-12-14-6-4-7-14/h14,20H,3-13H2,1-2H3,(H2,17,18,19).